The van der Waals surface area contributed by atoms with E-state index in [1.807, 2.05) is 20.8 Å². The first-order valence-corrected chi connectivity index (χ1v) is 4.18. The molecule has 78 valence electrons. The van der Waals surface area contributed by atoms with Gasteiger partial charge in [-0.2, -0.15) is 4.98 Å². The van der Waals surface area contributed by atoms with E-state index in [0.717, 1.165) is 0 Å². The average Bonchev–Trinajstić information content (AvgIpc) is 2.49. The third-order valence-electron chi connectivity index (χ3n) is 1.21. The molecule has 0 aromatic carbocycles. The molecule has 0 aliphatic carbocycles. The van der Waals surface area contributed by atoms with E-state index in [4.69, 9.17) is 4.74 Å². The number of hydrogen-bond acceptors (Lipinski definition) is 5. The smallest absolute Gasteiger partial charge is 0.408 e. The van der Waals surface area contributed by atoms with Gasteiger partial charge in [0.2, 0.25) is 0 Å². The Morgan fingerprint density at radius 2 is 2.36 bits per heavy atom. The summed E-state index contributed by atoms with van der Waals surface area (Å²) < 4.78 is 9.46. The van der Waals surface area contributed by atoms with E-state index in [2.05, 4.69) is 20.0 Å². The van der Waals surface area contributed by atoms with Gasteiger partial charge in [0.25, 0.3) is 5.89 Å². The third-order valence-corrected chi connectivity index (χ3v) is 1.21. The van der Waals surface area contributed by atoms with Gasteiger partial charge in [0.15, 0.2) is 12.9 Å². The topological polar surface area (TPSA) is 77.2 Å². The van der Waals surface area contributed by atoms with Crippen LogP contribution in [0.2, 0.25) is 0 Å². The molecule has 0 atom stereocenters. The first kappa shape index (κ1) is 10.5. The minimum Gasteiger partial charge on any atom is -0.439 e. The van der Waals surface area contributed by atoms with Gasteiger partial charge in [0, 0.05) is 5.54 Å². The molecule has 0 aliphatic rings. The number of hydrogen-bond donors (Lipinski definition) is 1. The number of ether oxygens (including phenoxy) is 1. The molecule has 0 radical (unpaired) electrons. The molecule has 0 spiro atoms. The summed E-state index contributed by atoms with van der Waals surface area (Å²) in [5.74, 6) is 0.272. The molecule has 1 N–H and O–H groups in total. The number of alkyl carbamates (subject to hydrolysis) is 1. The number of carbonyl (C=O) groups excluding carboxylic acids is 1. The van der Waals surface area contributed by atoms with E-state index in [1.165, 1.54) is 6.33 Å². The van der Waals surface area contributed by atoms with Crippen LogP contribution in [0, 0.1) is 0 Å². The second-order valence-corrected chi connectivity index (χ2v) is 3.79. The molecule has 14 heavy (non-hydrogen) atoms. The quantitative estimate of drug-likeness (QED) is 0.771. The first-order chi connectivity index (χ1) is 6.47. The van der Waals surface area contributed by atoms with Gasteiger partial charge in [-0.05, 0) is 20.8 Å². The molecule has 1 rings (SSSR count). The van der Waals surface area contributed by atoms with Gasteiger partial charge in [0.05, 0.1) is 0 Å². The summed E-state index contributed by atoms with van der Waals surface area (Å²) in [4.78, 5) is 14.8. The molecule has 0 saturated carbocycles. The highest BCUT2D eigenvalue weighted by atomic mass is 16.6. The van der Waals surface area contributed by atoms with E-state index in [1.54, 1.807) is 0 Å². The molecule has 6 heteroatoms. The molecule has 1 aromatic heterocycles. The predicted octanol–water partition coefficient (Wildman–Crippen LogP) is 1.09. The minimum atomic E-state index is -0.504. The predicted molar refractivity (Wildman–Crippen MR) is 47.4 cm³/mol. The zero-order chi connectivity index (χ0) is 10.6. The Morgan fingerprint density at radius 1 is 1.64 bits per heavy atom. The van der Waals surface area contributed by atoms with Crippen LogP contribution in [-0.2, 0) is 11.3 Å². The van der Waals surface area contributed by atoms with Crippen LogP contribution in [0.15, 0.2) is 10.9 Å². The summed E-state index contributed by atoms with van der Waals surface area (Å²) in [5, 5.41) is 6.01. The number of aromatic nitrogens is 2. The number of amides is 1. The fraction of sp³-hybridized carbons (Fsp3) is 0.625. The lowest BCUT2D eigenvalue weighted by Gasteiger charge is -2.19. The van der Waals surface area contributed by atoms with Crippen molar-refractivity contribution in [2.75, 3.05) is 0 Å². The maximum absolute atomic E-state index is 11.1. The summed E-state index contributed by atoms with van der Waals surface area (Å²) in [6.07, 6.45) is 0.746. The van der Waals surface area contributed by atoms with Crippen LogP contribution >= 0.6 is 0 Å². The van der Waals surface area contributed by atoms with Crippen LogP contribution in [-0.4, -0.2) is 21.8 Å². The Hall–Kier alpha value is -1.59. The van der Waals surface area contributed by atoms with Crippen molar-refractivity contribution in [3.05, 3.63) is 12.2 Å². The maximum Gasteiger partial charge on any atom is 0.408 e. The molecule has 0 bridgehead atoms. The summed E-state index contributed by atoms with van der Waals surface area (Å²) >= 11 is 0. The second-order valence-electron chi connectivity index (χ2n) is 3.79. The van der Waals surface area contributed by atoms with Gasteiger partial charge in [0.1, 0.15) is 0 Å². The van der Waals surface area contributed by atoms with Gasteiger partial charge in [-0.15, -0.1) is 0 Å². The zero-order valence-corrected chi connectivity index (χ0v) is 8.40. The molecule has 1 amide bonds. The van der Waals surface area contributed by atoms with E-state index in [9.17, 15) is 4.79 Å². The number of nitrogens with one attached hydrogen (secondary N) is 1. The second kappa shape index (κ2) is 4.08. The van der Waals surface area contributed by atoms with Crippen LogP contribution in [0.4, 0.5) is 4.79 Å². The van der Waals surface area contributed by atoms with Crippen LogP contribution < -0.4 is 5.32 Å². The van der Waals surface area contributed by atoms with E-state index < -0.39 is 6.09 Å². The molecule has 1 heterocycles. The Labute approximate surface area is 81.6 Å². The highest BCUT2D eigenvalue weighted by molar-refractivity contribution is 5.67. The number of carbonyl (C=O) groups is 1. The normalized spacial score (nSPS) is 11.1. The van der Waals surface area contributed by atoms with Gasteiger partial charge in [-0.25, -0.2) is 4.79 Å². The largest absolute Gasteiger partial charge is 0.439 e. The molecular weight excluding hydrogens is 186 g/mol. The molecule has 0 fully saturated rings. The van der Waals surface area contributed by atoms with Crippen LogP contribution in [0.25, 0.3) is 0 Å². The molecule has 0 saturated heterocycles. The van der Waals surface area contributed by atoms with Crippen LogP contribution in [0.3, 0.4) is 0 Å². The first-order valence-electron chi connectivity index (χ1n) is 4.18. The van der Waals surface area contributed by atoms with Crippen molar-refractivity contribution >= 4 is 6.09 Å². The fourth-order valence-electron chi connectivity index (χ4n) is 0.729. The monoisotopic (exact) mass is 199 g/mol. The Morgan fingerprint density at radius 3 is 2.86 bits per heavy atom. The summed E-state index contributed by atoms with van der Waals surface area (Å²) in [5.41, 5.74) is -0.314. The van der Waals surface area contributed by atoms with Gasteiger partial charge < -0.3 is 14.6 Å². The van der Waals surface area contributed by atoms with Crippen molar-refractivity contribution in [1.29, 1.82) is 0 Å². The summed E-state index contributed by atoms with van der Waals surface area (Å²) in [6.45, 7) is 5.57. The molecule has 6 nitrogen and oxygen atoms in total. The van der Waals surface area contributed by atoms with Gasteiger partial charge in [-0.3, -0.25) is 0 Å². The minimum absolute atomic E-state index is 0.0120. The van der Waals surface area contributed by atoms with Crippen molar-refractivity contribution in [2.24, 2.45) is 0 Å². The standard InChI is InChI=1S/C8H13N3O3/c1-8(2,3)11-7(12)13-4-6-9-5-10-14-6/h5H,4H2,1-3H3,(H,11,12). The zero-order valence-electron chi connectivity index (χ0n) is 8.40. The molecule has 0 aliphatic heterocycles. The van der Waals surface area contributed by atoms with Crippen molar-refractivity contribution in [3.63, 3.8) is 0 Å². The lowest BCUT2D eigenvalue weighted by molar-refractivity contribution is 0.118. The highest BCUT2D eigenvalue weighted by Gasteiger charge is 2.15. The highest BCUT2D eigenvalue weighted by Crippen LogP contribution is 2.00. The Bertz CT molecular complexity index is 289. The Kier molecular flexibility index (Phi) is 3.06. The average molecular weight is 199 g/mol. The van der Waals surface area contributed by atoms with Gasteiger partial charge >= 0.3 is 6.09 Å². The fourth-order valence-corrected chi connectivity index (χ4v) is 0.729. The lowest BCUT2D eigenvalue weighted by atomic mass is 10.1. The molecule has 0 unspecified atom stereocenters. The maximum atomic E-state index is 11.1. The van der Waals surface area contributed by atoms with E-state index >= 15 is 0 Å². The SMILES string of the molecule is CC(C)(C)NC(=O)OCc1ncno1. The summed E-state index contributed by atoms with van der Waals surface area (Å²) in [7, 11) is 0. The summed E-state index contributed by atoms with van der Waals surface area (Å²) in [6, 6.07) is 0. The molecular formula is C8H13N3O3. The van der Waals surface area contributed by atoms with E-state index in [0.29, 0.717) is 0 Å². The van der Waals surface area contributed by atoms with Crippen molar-refractivity contribution in [2.45, 2.75) is 32.9 Å². The van der Waals surface area contributed by atoms with Crippen molar-refractivity contribution < 1.29 is 14.1 Å². The van der Waals surface area contributed by atoms with Crippen molar-refractivity contribution in [1.82, 2.24) is 15.5 Å². The number of nitrogens with zero attached hydrogens (tertiary/aromatic N) is 2. The van der Waals surface area contributed by atoms with Crippen LogP contribution in [0.5, 0.6) is 0 Å². The van der Waals surface area contributed by atoms with E-state index in [-0.39, 0.29) is 18.0 Å². The third kappa shape index (κ3) is 3.88. The van der Waals surface area contributed by atoms with Crippen molar-refractivity contribution in [3.8, 4) is 0 Å². The molecule has 1 aromatic rings. The lowest BCUT2D eigenvalue weighted by Crippen LogP contribution is -2.40. The number of rotatable bonds is 2. The van der Waals surface area contributed by atoms with Gasteiger partial charge in [-0.1, -0.05) is 5.16 Å². The Balaban J connectivity index is 2.29. The van der Waals surface area contributed by atoms with Crippen LogP contribution in [0.1, 0.15) is 26.7 Å².